The number of carbonyl (C=O) groups excluding carboxylic acids is 1. The number of aromatic amines is 1. The summed E-state index contributed by atoms with van der Waals surface area (Å²) < 4.78 is 1.54. The second-order valence-corrected chi connectivity index (χ2v) is 6.25. The molecule has 6 nitrogen and oxygen atoms in total. The minimum absolute atomic E-state index is 0.0383. The molecular formula is C16H22N4O2. The predicted molar refractivity (Wildman–Crippen MR) is 84.8 cm³/mol. The standard InChI is InChI=1S/C16H22N4O2/c1-5-20-7-6-11(8-14(20)21)15(22)17-10-12-9-13(19-18-12)16(2,3)4/h6-9H,5,10H2,1-4H3,(H,17,22)(H,18,19). The zero-order valence-corrected chi connectivity index (χ0v) is 13.4. The maximum Gasteiger partial charge on any atom is 0.251 e. The van der Waals surface area contributed by atoms with Crippen LogP contribution in [0.1, 0.15) is 49.4 Å². The summed E-state index contributed by atoms with van der Waals surface area (Å²) in [7, 11) is 0. The van der Waals surface area contributed by atoms with Crippen molar-refractivity contribution in [2.45, 2.75) is 46.2 Å². The summed E-state index contributed by atoms with van der Waals surface area (Å²) in [5.74, 6) is -0.271. The van der Waals surface area contributed by atoms with E-state index in [1.54, 1.807) is 16.8 Å². The summed E-state index contributed by atoms with van der Waals surface area (Å²) in [6.45, 7) is 9.05. The number of aryl methyl sites for hydroxylation is 1. The van der Waals surface area contributed by atoms with E-state index in [9.17, 15) is 9.59 Å². The Morgan fingerprint density at radius 3 is 2.64 bits per heavy atom. The van der Waals surface area contributed by atoms with Crippen LogP contribution in [0.2, 0.25) is 0 Å². The van der Waals surface area contributed by atoms with E-state index in [2.05, 4.69) is 36.3 Å². The van der Waals surface area contributed by atoms with Gasteiger partial charge in [-0.15, -0.1) is 0 Å². The lowest BCUT2D eigenvalue weighted by atomic mass is 9.92. The van der Waals surface area contributed by atoms with Crippen LogP contribution in [0.15, 0.2) is 29.2 Å². The van der Waals surface area contributed by atoms with Crippen LogP contribution < -0.4 is 10.9 Å². The number of nitrogens with one attached hydrogen (secondary N) is 2. The van der Waals surface area contributed by atoms with E-state index in [1.807, 2.05) is 13.0 Å². The Balaban J connectivity index is 2.02. The first kappa shape index (κ1) is 16.0. The fourth-order valence-corrected chi connectivity index (χ4v) is 2.02. The van der Waals surface area contributed by atoms with Crippen LogP contribution in [0.4, 0.5) is 0 Å². The van der Waals surface area contributed by atoms with Crippen molar-refractivity contribution in [1.29, 1.82) is 0 Å². The largest absolute Gasteiger partial charge is 0.346 e. The van der Waals surface area contributed by atoms with Crippen LogP contribution in [0.3, 0.4) is 0 Å². The van der Waals surface area contributed by atoms with Crippen molar-refractivity contribution in [2.75, 3.05) is 0 Å². The molecule has 0 aliphatic rings. The molecule has 2 heterocycles. The van der Waals surface area contributed by atoms with Crippen molar-refractivity contribution >= 4 is 5.91 Å². The molecular weight excluding hydrogens is 280 g/mol. The third-order valence-corrected chi connectivity index (χ3v) is 3.44. The number of amides is 1. The Morgan fingerprint density at radius 2 is 2.09 bits per heavy atom. The molecule has 2 aromatic heterocycles. The fraction of sp³-hybridized carbons (Fsp3) is 0.438. The molecule has 22 heavy (non-hydrogen) atoms. The van der Waals surface area contributed by atoms with Crippen LogP contribution >= 0.6 is 0 Å². The molecule has 1 amide bonds. The van der Waals surface area contributed by atoms with Gasteiger partial charge in [-0.2, -0.15) is 5.10 Å². The van der Waals surface area contributed by atoms with Gasteiger partial charge in [-0.3, -0.25) is 14.7 Å². The number of hydrogen-bond donors (Lipinski definition) is 2. The second-order valence-electron chi connectivity index (χ2n) is 6.25. The average Bonchev–Trinajstić information content (AvgIpc) is 2.93. The van der Waals surface area contributed by atoms with E-state index in [1.165, 1.54) is 6.07 Å². The van der Waals surface area contributed by atoms with Crippen molar-refractivity contribution in [2.24, 2.45) is 0 Å². The predicted octanol–water partition coefficient (Wildman–Crippen LogP) is 1.82. The molecule has 0 unspecified atom stereocenters. The van der Waals surface area contributed by atoms with Crippen molar-refractivity contribution in [3.63, 3.8) is 0 Å². The molecule has 2 rings (SSSR count). The Bertz CT molecular complexity index is 722. The third-order valence-electron chi connectivity index (χ3n) is 3.44. The van der Waals surface area contributed by atoms with E-state index in [-0.39, 0.29) is 16.9 Å². The van der Waals surface area contributed by atoms with Crippen molar-refractivity contribution in [3.8, 4) is 0 Å². The van der Waals surface area contributed by atoms with Crippen molar-refractivity contribution in [1.82, 2.24) is 20.1 Å². The lowest BCUT2D eigenvalue weighted by Crippen LogP contribution is -2.26. The highest BCUT2D eigenvalue weighted by molar-refractivity contribution is 5.93. The van der Waals surface area contributed by atoms with E-state index >= 15 is 0 Å². The minimum atomic E-state index is -0.271. The molecule has 0 aliphatic heterocycles. The number of rotatable bonds is 4. The number of nitrogens with zero attached hydrogens (tertiary/aromatic N) is 2. The molecule has 2 aromatic rings. The Kier molecular flexibility index (Phi) is 4.49. The Labute approximate surface area is 129 Å². The lowest BCUT2D eigenvalue weighted by molar-refractivity contribution is 0.0950. The molecule has 118 valence electrons. The quantitative estimate of drug-likeness (QED) is 0.904. The van der Waals surface area contributed by atoms with Crippen LogP contribution in [0.5, 0.6) is 0 Å². The zero-order valence-electron chi connectivity index (χ0n) is 13.4. The van der Waals surface area contributed by atoms with Crippen molar-refractivity contribution < 1.29 is 4.79 Å². The summed E-state index contributed by atoms with van der Waals surface area (Å²) in [6, 6.07) is 4.94. The molecule has 0 bridgehead atoms. The summed E-state index contributed by atoms with van der Waals surface area (Å²) in [4.78, 5) is 23.8. The molecule has 6 heteroatoms. The Morgan fingerprint density at radius 1 is 1.36 bits per heavy atom. The first-order valence-corrected chi connectivity index (χ1v) is 7.34. The SMILES string of the molecule is CCn1ccc(C(=O)NCc2cc(C(C)(C)C)n[nH]2)cc1=O. The van der Waals surface area contributed by atoms with Crippen LogP contribution in [-0.4, -0.2) is 20.7 Å². The highest BCUT2D eigenvalue weighted by Crippen LogP contribution is 2.20. The third kappa shape index (κ3) is 3.63. The van der Waals surface area contributed by atoms with Crippen molar-refractivity contribution in [3.05, 3.63) is 51.7 Å². The van der Waals surface area contributed by atoms with Gasteiger partial charge in [0.15, 0.2) is 0 Å². The first-order chi connectivity index (χ1) is 10.3. The summed E-state index contributed by atoms with van der Waals surface area (Å²) in [5.41, 5.74) is 1.93. The van der Waals surface area contributed by atoms with E-state index < -0.39 is 0 Å². The highest BCUT2D eigenvalue weighted by atomic mass is 16.2. The van der Waals surface area contributed by atoms with Gasteiger partial charge < -0.3 is 9.88 Å². The molecule has 0 radical (unpaired) electrons. The van der Waals surface area contributed by atoms with Gasteiger partial charge in [-0.25, -0.2) is 0 Å². The Hall–Kier alpha value is -2.37. The molecule has 0 saturated carbocycles. The smallest absolute Gasteiger partial charge is 0.251 e. The van der Waals surface area contributed by atoms with Gasteiger partial charge in [0.05, 0.1) is 17.9 Å². The monoisotopic (exact) mass is 302 g/mol. The zero-order chi connectivity index (χ0) is 16.3. The topological polar surface area (TPSA) is 79.8 Å². The summed E-state index contributed by atoms with van der Waals surface area (Å²) in [5, 5.41) is 9.95. The van der Waals surface area contributed by atoms with Gasteiger partial charge >= 0.3 is 0 Å². The molecule has 0 aliphatic carbocycles. The van der Waals surface area contributed by atoms with Crippen LogP contribution in [0.25, 0.3) is 0 Å². The van der Waals surface area contributed by atoms with Crippen LogP contribution in [-0.2, 0) is 18.5 Å². The maximum absolute atomic E-state index is 12.1. The first-order valence-electron chi connectivity index (χ1n) is 7.34. The normalized spacial score (nSPS) is 11.5. The minimum Gasteiger partial charge on any atom is -0.346 e. The van der Waals surface area contributed by atoms with Gasteiger partial charge in [-0.1, -0.05) is 20.8 Å². The second kappa shape index (κ2) is 6.17. The number of hydrogen-bond acceptors (Lipinski definition) is 3. The average molecular weight is 302 g/mol. The van der Waals surface area contributed by atoms with Gasteiger partial charge in [0.1, 0.15) is 0 Å². The molecule has 0 fully saturated rings. The van der Waals surface area contributed by atoms with E-state index in [0.29, 0.717) is 18.7 Å². The maximum atomic E-state index is 12.1. The van der Waals surface area contributed by atoms with Gasteiger partial charge in [0.2, 0.25) is 0 Å². The fourth-order valence-electron chi connectivity index (χ4n) is 2.02. The van der Waals surface area contributed by atoms with Gasteiger partial charge in [-0.05, 0) is 19.1 Å². The molecule has 0 aromatic carbocycles. The lowest BCUT2D eigenvalue weighted by Gasteiger charge is -2.13. The van der Waals surface area contributed by atoms with E-state index in [0.717, 1.165) is 11.4 Å². The molecule has 0 spiro atoms. The number of H-pyrrole nitrogens is 1. The summed E-state index contributed by atoms with van der Waals surface area (Å²) in [6.07, 6.45) is 1.63. The highest BCUT2D eigenvalue weighted by Gasteiger charge is 2.17. The molecule has 0 atom stereocenters. The number of carbonyl (C=O) groups is 1. The molecule has 2 N–H and O–H groups in total. The summed E-state index contributed by atoms with van der Waals surface area (Å²) >= 11 is 0. The number of pyridine rings is 1. The van der Waals surface area contributed by atoms with Gasteiger partial charge in [0.25, 0.3) is 11.5 Å². The van der Waals surface area contributed by atoms with Crippen LogP contribution in [0, 0.1) is 0 Å². The number of aromatic nitrogens is 3. The molecule has 0 saturated heterocycles. The van der Waals surface area contributed by atoms with Gasteiger partial charge in [0, 0.05) is 29.8 Å². The van der Waals surface area contributed by atoms with E-state index in [4.69, 9.17) is 0 Å².